The quantitative estimate of drug-likeness (QED) is 0.276. The first-order chi connectivity index (χ1) is 15.2. The van der Waals surface area contributed by atoms with Crippen LogP contribution in [0.3, 0.4) is 0 Å². The normalized spacial score (nSPS) is 15.3. The van der Waals surface area contributed by atoms with Crippen LogP contribution < -0.4 is 4.74 Å². The maximum absolute atomic E-state index is 13.0. The number of fused-ring (bicyclic) bond motifs is 8. The highest BCUT2D eigenvalue weighted by Crippen LogP contribution is 2.57. The van der Waals surface area contributed by atoms with Crippen LogP contribution in [-0.2, 0) is 10.3 Å². The number of rotatable bonds is 0. The Hall–Kier alpha value is -4.11. The molecule has 0 aliphatic carbocycles. The van der Waals surface area contributed by atoms with Crippen molar-refractivity contribution in [1.82, 2.24) is 0 Å². The maximum atomic E-state index is 13.0. The number of benzene rings is 5. The molecule has 0 unspecified atom stereocenters. The van der Waals surface area contributed by atoms with E-state index in [1.807, 2.05) is 60.7 Å². The number of hydrogen-bond donors (Lipinski definition) is 0. The number of carbonyl (C=O) groups excluding carboxylic acids is 1. The van der Waals surface area contributed by atoms with Crippen molar-refractivity contribution in [3.8, 4) is 11.5 Å². The van der Waals surface area contributed by atoms with Gasteiger partial charge < -0.3 is 9.47 Å². The molecule has 0 radical (unpaired) electrons. The van der Waals surface area contributed by atoms with Crippen LogP contribution in [0.15, 0.2) is 97.1 Å². The van der Waals surface area contributed by atoms with Crippen LogP contribution in [0.5, 0.6) is 11.5 Å². The minimum absolute atomic E-state index is 0.310. The second kappa shape index (κ2) is 5.73. The van der Waals surface area contributed by atoms with Crippen molar-refractivity contribution in [1.29, 1.82) is 0 Å². The van der Waals surface area contributed by atoms with Crippen LogP contribution >= 0.6 is 0 Å². The summed E-state index contributed by atoms with van der Waals surface area (Å²) in [6.45, 7) is 0. The van der Waals surface area contributed by atoms with Crippen LogP contribution in [-0.4, -0.2) is 5.97 Å². The summed E-state index contributed by atoms with van der Waals surface area (Å²) in [5, 5.41) is 4.32. The summed E-state index contributed by atoms with van der Waals surface area (Å²) in [7, 11) is 0. The molecule has 0 saturated carbocycles. The van der Waals surface area contributed by atoms with E-state index in [-0.39, 0.29) is 5.97 Å². The topological polar surface area (TPSA) is 35.5 Å². The van der Waals surface area contributed by atoms with Gasteiger partial charge in [-0.25, -0.2) is 4.79 Å². The predicted octanol–water partition coefficient (Wildman–Crippen LogP) is 6.56. The first-order valence-corrected chi connectivity index (χ1v) is 10.3. The lowest BCUT2D eigenvalue weighted by Crippen LogP contribution is -2.33. The van der Waals surface area contributed by atoms with Crippen molar-refractivity contribution in [2.45, 2.75) is 5.60 Å². The molecule has 5 aromatic carbocycles. The smallest absolute Gasteiger partial charge is 0.340 e. The third-order valence-corrected chi connectivity index (χ3v) is 6.45. The summed E-state index contributed by atoms with van der Waals surface area (Å²) in [6.07, 6.45) is 0. The Bertz CT molecular complexity index is 1480. The minimum atomic E-state index is -1.04. The van der Waals surface area contributed by atoms with Gasteiger partial charge in [0, 0.05) is 16.7 Å². The van der Waals surface area contributed by atoms with E-state index in [1.165, 1.54) is 0 Å². The van der Waals surface area contributed by atoms with Crippen molar-refractivity contribution >= 4 is 27.5 Å². The molecule has 7 rings (SSSR count). The van der Waals surface area contributed by atoms with Crippen molar-refractivity contribution in [2.24, 2.45) is 0 Å². The minimum Gasteiger partial charge on any atom is -0.456 e. The van der Waals surface area contributed by atoms with E-state index in [2.05, 4.69) is 36.4 Å². The fraction of sp³-hybridized carbons (Fsp3) is 0.0357. The van der Waals surface area contributed by atoms with Crippen molar-refractivity contribution in [3.63, 3.8) is 0 Å². The van der Waals surface area contributed by atoms with E-state index < -0.39 is 5.60 Å². The molecule has 5 aromatic rings. The van der Waals surface area contributed by atoms with E-state index in [9.17, 15) is 4.79 Å². The highest BCUT2D eigenvalue weighted by molar-refractivity contribution is 5.98. The Morgan fingerprint density at radius 3 is 1.61 bits per heavy atom. The molecule has 2 heterocycles. The largest absolute Gasteiger partial charge is 0.456 e. The summed E-state index contributed by atoms with van der Waals surface area (Å²) < 4.78 is 12.7. The van der Waals surface area contributed by atoms with Crippen molar-refractivity contribution in [3.05, 3.63) is 119 Å². The molecule has 0 N–H and O–H groups in total. The van der Waals surface area contributed by atoms with Gasteiger partial charge >= 0.3 is 5.97 Å². The molecular weight excluding hydrogens is 384 g/mol. The number of ether oxygens (including phenoxy) is 2. The molecule has 0 bridgehead atoms. The van der Waals surface area contributed by atoms with Gasteiger partial charge in [0.05, 0.1) is 5.56 Å². The van der Waals surface area contributed by atoms with Gasteiger partial charge in [-0.1, -0.05) is 66.7 Å². The average Bonchev–Trinajstić information content (AvgIpc) is 3.10. The third kappa shape index (κ3) is 2.10. The first-order valence-electron chi connectivity index (χ1n) is 10.3. The lowest BCUT2D eigenvalue weighted by atomic mass is 9.76. The number of esters is 1. The summed E-state index contributed by atoms with van der Waals surface area (Å²) in [5.41, 5.74) is 2.13. The summed E-state index contributed by atoms with van der Waals surface area (Å²) in [6, 6.07) is 32.3. The molecule has 146 valence electrons. The maximum Gasteiger partial charge on any atom is 0.340 e. The molecule has 0 saturated heterocycles. The van der Waals surface area contributed by atoms with E-state index in [0.29, 0.717) is 17.1 Å². The van der Waals surface area contributed by atoms with Crippen molar-refractivity contribution in [2.75, 3.05) is 0 Å². The summed E-state index contributed by atoms with van der Waals surface area (Å²) in [4.78, 5) is 13.0. The Kier molecular flexibility index (Phi) is 3.08. The molecule has 3 heteroatoms. The molecule has 0 atom stereocenters. The van der Waals surface area contributed by atoms with Gasteiger partial charge in [-0.3, -0.25) is 0 Å². The van der Waals surface area contributed by atoms with E-state index in [1.54, 1.807) is 0 Å². The number of carbonyl (C=O) groups is 1. The Morgan fingerprint density at radius 1 is 0.548 bits per heavy atom. The highest BCUT2D eigenvalue weighted by Gasteiger charge is 2.53. The van der Waals surface area contributed by atoms with Gasteiger partial charge in [-0.15, -0.1) is 0 Å². The lowest BCUT2D eigenvalue weighted by Gasteiger charge is -2.37. The molecule has 0 aromatic heterocycles. The van der Waals surface area contributed by atoms with Crippen LogP contribution in [0.2, 0.25) is 0 Å². The predicted molar refractivity (Wildman–Crippen MR) is 120 cm³/mol. The zero-order chi connectivity index (χ0) is 20.6. The molecule has 2 aliphatic heterocycles. The first kappa shape index (κ1) is 16.7. The fourth-order valence-corrected chi connectivity index (χ4v) is 5.04. The second-order valence-corrected chi connectivity index (χ2v) is 8.11. The molecule has 0 amide bonds. The molecule has 1 spiro atoms. The molecule has 31 heavy (non-hydrogen) atoms. The zero-order valence-electron chi connectivity index (χ0n) is 16.5. The van der Waals surface area contributed by atoms with Crippen LogP contribution in [0, 0.1) is 0 Å². The zero-order valence-corrected chi connectivity index (χ0v) is 16.5. The molecule has 0 fully saturated rings. The van der Waals surface area contributed by atoms with Gasteiger partial charge in [0.25, 0.3) is 0 Å². The monoisotopic (exact) mass is 400 g/mol. The Balaban J connectivity index is 1.65. The SMILES string of the molecule is O=C1OC2(c3cc4ccccc4cc3Oc3cc4ccccc4cc32)c2ccccc21. The second-order valence-electron chi connectivity index (χ2n) is 8.11. The van der Waals surface area contributed by atoms with E-state index >= 15 is 0 Å². The average molecular weight is 400 g/mol. The molecular formula is C28H16O3. The van der Waals surface area contributed by atoms with E-state index in [0.717, 1.165) is 38.2 Å². The van der Waals surface area contributed by atoms with Crippen LogP contribution in [0.4, 0.5) is 0 Å². The van der Waals surface area contributed by atoms with Gasteiger partial charge in [0.2, 0.25) is 0 Å². The summed E-state index contributed by atoms with van der Waals surface area (Å²) >= 11 is 0. The Labute approximate surface area is 178 Å². The Morgan fingerprint density at radius 2 is 1.03 bits per heavy atom. The van der Waals surface area contributed by atoms with Gasteiger partial charge in [-0.05, 0) is 51.9 Å². The lowest BCUT2D eigenvalue weighted by molar-refractivity contribution is 0.0225. The van der Waals surface area contributed by atoms with Crippen LogP contribution in [0.1, 0.15) is 27.0 Å². The van der Waals surface area contributed by atoms with Crippen LogP contribution in [0.25, 0.3) is 21.5 Å². The fourth-order valence-electron chi connectivity index (χ4n) is 5.04. The van der Waals surface area contributed by atoms with Gasteiger partial charge in [0.1, 0.15) is 11.5 Å². The number of hydrogen-bond acceptors (Lipinski definition) is 3. The van der Waals surface area contributed by atoms with Gasteiger partial charge in [-0.2, -0.15) is 0 Å². The highest BCUT2D eigenvalue weighted by atomic mass is 16.6. The van der Waals surface area contributed by atoms with Gasteiger partial charge in [0.15, 0.2) is 5.60 Å². The molecule has 3 nitrogen and oxygen atoms in total. The molecule has 2 aliphatic rings. The van der Waals surface area contributed by atoms with E-state index in [4.69, 9.17) is 9.47 Å². The summed E-state index contributed by atoms with van der Waals surface area (Å²) in [5.74, 6) is 1.12. The third-order valence-electron chi connectivity index (χ3n) is 6.45. The van der Waals surface area contributed by atoms with Crippen molar-refractivity contribution < 1.29 is 14.3 Å². The standard InChI is InChI=1S/C28H16O3/c29-27-21-11-5-6-12-22(21)28(31-27)23-13-17-7-1-3-9-19(17)15-25(23)30-26-16-20-10-4-2-8-18(20)14-24(26)28/h1-16H.